The molecule has 1 rings (SSSR count). The summed E-state index contributed by atoms with van der Waals surface area (Å²) in [4.78, 5) is 11.3. The molecule has 0 amide bonds. The number of esters is 1. The van der Waals surface area contributed by atoms with Crippen LogP contribution in [0, 0.1) is 12.3 Å². The number of ether oxygens (including phenoxy) is 1. The van der Waals surface area contributed by atoms with E-state index < -0.39 is 11.2 Å². The number of benzene rings is 1. The normalized spacial score (nSPS) is 15.5. The summed E-state index contributed by atoms with van der Waals surface area (Å²) in [6.07, 6.45) is 6.75. The first kappa shape index (κ1) is 18.8. The van der Waals surface area contributed by atoms with Crippen molar-refractivity contribution in [2.24, 2.45) is 0 Å². The van der Waals surface area contributed by atoms with Crippen LogP contribution >= 0.6 is 0 Å². The van der Waals surface area contributed by atoms with E-state index in [0.29, 0.717) is 12.8 Å². The van der Waals surface area contributed by atoms with Crippen molar-refractivity contribution in [2.45, 2.75) is 56.6 Å². The summed E-state index contributed by atoms with van der Waals surface area (Å²) in [7, 11) is 0. The first-order valence-electron chi connectivity index (χ1n) is 7.28. The van der Waals surface area contributed by atoms with Crippen molar-refractivity contribution in [3.05, 3.63) is 30.3 Å². The zero-order valence-corrected chi connectivity index (χ0v) is 15.3. The Balaban J connectivity index is 2.78. The maximum absolute atomic E-state index is 11.2. The molecule has 0 bridgehead atoms. The number of hydrogen-bond donors (Lipinski definition) is 1. The molecule has 0 heterocycles. The van der Waals surface area contributed by atoms with Crippen LogP contribution in [0.1, 0.15) is 40.5 Å². The quantitative estimate of drug-likeness (QED) is 0.457. The summed E-state index contributed by atoms with van der Waals surface area (Å²) in [6, 6.07) is 10.1. The van der Waals surface area contributed by atoms with E-state index in [1.165, 1.54) is 11.4 Å². The molecule has 1 aromatic rings. The minimum atomic E-state index is -0.915. The molecule has 4 heteroatoms. The topological polar surface area (TPSA) is 46.5 Å². The third kappa shape index (κ3) is 6.23. The van der Waals surface area contributed by atoms with Gasteiger partial charge in [-0.05, 0) is 0 Å². The van der Waals surface area contributed by atoms with E-state index >= 15 is 0 Å². The molecule has 0 aliphatic carbocycles. The monoisotopic (exact) mass is 368 g/mol. The maximum atomic E-state index is 11.2. The van der Waals surface area contributed by atoms with Crippen LogP contribution in [-0.4, -0.2) is 37.2 Å². The Morgan fingerprint density at radius 3 is 2.41 bits per heavy atom. The third-order valence-corrected chi connectivity index (χ3v) is 6.81. The van der Waals surface area contributed by atoms with Gasteiger partial charge in [0.05, 0.1) is 0 Å². The van der Waals surface area contributed by atoms with Gasteiger partial charge in [-0.25, -0.2) is 0 Å². The number of aliphatic hydroxyl groups is 1. The molecule has 120 valence electrons. The second kappa shape index (κ2) is 7.83. The number of terminal acetylenes is 1. The van der Waals surface area contributed by atoms with Crippen molar-refractivity contribution in [3.63, 3.8) is 0 Å². The predicted octanol–water partition coefficient (Wildman–Crippen LogP) is 2.31. The average molecular weight is 367 g/mol. The van der Waals surface area contributed by atoms with Crippen LogP contribution < -0.4 is 4.46 Å². The Bertz CT molecular complexity index is 528. The summed E-state index contributed by atoms with van der Waals surface area (Å²) < 4.78 is 6.48. The fourth-order valence-electron chi connectivity index (χ4n) is 2.10. The van der Waals surface area contributed by atoms with Crippen molar-refractivity contribution in [1.29, 1.82) is 0 Å². The molecule has 0 saturated carbocycles. The zero-order valence-electron chi connectivity index (χ0n) is 13.6. The standard InChI is InChI=1S/C18H24O3Se/c1-6-18(5,21-14(2)19)13-12-16(17(3,4)20)22-15-10-8-7-9-11-15/h1,7-11,16,20H,12-13H2,2-5H3. The van der Waals surface area contributed by atoms with Crippen LogP contribution in [0.15, 0.2) is 30.3 Å². The second-order valence-electron chi connectivity index (χ2n) is 6.08. The SMILES string of the molecule is C#CC(C)(CCC([Se]c1ccccc1)C(C)(C)O)OC(C)=O. The van der Waals surface area contributed by atoms with Gasteiger partial charge in [0.2, 0.25) is 0 Å². The average Bonchev–Trinajstić information content (AvgIpc) is 2.42. The van der Waals surface area contributed by atoms with E-state index in [1.54, 1.807) is 6.92 Å². The number of rotatable bonds is 7. The second-order valence-corrected chi connectivity index (χ2v) is 8.76. The molecule has 22 heavy (non-hydrogen) atoms. The number of carbonyl (C=O) groups excluding carboxylic acids is 1. The van der Waals surface area contributed by atoms with Crippen LogP contribution in [0.2, 0.25) is 4.82 Å². The molecule has 1 N–H and O–H groups in total. The van der Waals surface area contributed by atoms with Gasteiger partial charge in [0.15, 0.2) is 0 Å². The van der Waals surface area contributed by atoms with Gasteiger partial charge >= 0.3 is 139 Å². The summed E-state index contributed by atoms with van der Waals surface area (Å²) in [5.41, 5.74) is -1.72. The van der Waals surface area contributed by atoms with Gasteiger partial charge in [0, 0.05) is 0 Å². The summed E-state index contributed by atoms with van der Waals surface area (Å²) >= 11 is 0.116. The molecular formula is C18H24O3Se. The van der Waals surface area contributed by atoms with Gasteiger partial charge in [-0.1, -0.05) is 0 Å². The molecule has 0 aliphatic rings. The van der Waals surface area contributed by atoms with Gasteiger partial charge in [-0.2, -0.15) is 0 Å². The Kier molecular flexibility index (Phi) is 6.68. The van der Waals surface area contributed by atoms with Crippen LogP contribution in [-0.2, 0) is 9.53 Å². The van der Waals surface area contributed by atoms with Crippen molar-refractivity contribution in [3.8, 4) is 12.3 Å². The van der Waals surface area contributed by atoms with Gasteiger partial charge in [0.25, 0.3) is 0 Å². The molecule has 0 aliphatic heterocycles. The van der Waals surface area contributed by atoms with Crippen molar-refractivity contribution < 1.29 is 14.6 Å². The van der Waals surface area contributed by atoms with Gasteiger partial charge in [0.1, 0.15) is 0 Å². The Hall–Kier alpha value is -1.27. The van der Waals surface area contributed by atoms with Crippen molar-refractivity contribution in [2.75, 3.05) is 0 Å². The molecule has 2 unspecified atom stereocenters. The van der Waals surface area contributed by atoms with E-state index in [9.17, 15) is 9.90 Å². The van der Waals surface area contributed by atoms with Crippen LogP contribution in [0.3, 0.4) is 0 Å². The van der Waals surface area contributed by atoms with E-state index in [-0.39, 0.29) is 25.7 Å². The van der Waals surface area contributed by atoms with Crippen LogP contribution in [0.4, 0.5) is 0 Å². The molecule has 3 nitrogen and oxygen atoms in total. The molecule has 1 aromatic carbocycles. The number of carbonyl (C=O) groups is 1. The molecule has 0 spiro atoms. The Labute approximate surface area is 139 Å². The number of hydrogen-bond acceptors (Lipinski definition) is 3. The van der Waals surface area contributed by atoms with Crippen molar-refractivity contribution >= 4 is 25.4 Å². The zero-order chi connectivity index (χ0) is 16.8. The molecule has 0 radical (unpaired) electrons. The first-order valence-corrected chi connectivity index (χ1v) is 9.12. The first-order chi connectivity index (χ1) is 10.2. The third-order valence-electron chi connectivity index (χ3n) is 3.37. The predicted molar refractivity (Wildman–Crippen MR) is 90.1 cm³/mol. The van der Waals surface area contributed by atoms with Crippen LogP contribution in [0.5, 0.6) is 0 Å². The molecule has 0 aromatic heterocycles. The molecule has 2 atom stereocenters. The van der Waals surface area contributed by atoms with E-state index in [4.69, 9.17) is 11.2 Å². The fourth-order valence-corrected chi connectivity index (χ4v) is 4.54. The molecule has 0 fully saturated rings. The fraction of sp³-hybridized carbons (Fsp3) is 0.500. The van der Waals surface area contributed by atoms with Gasteiger partial charge in [-0.3, -0.25) is 0 Å². The molecular weight excluding hydrogens is 343 g/mol. The Morgan fingerprint density at radius 1 is 1.36 bits per heavy atom. The van der Waals surface area contributed by atoms with E-state index in [1.807, 2.05) is 32.0 Å². The minimum absolute atomic E-state index is 0.0885. The van der Waals surface area contributed by atoms with E-state index in [0.717, 1.165) is 0 Å². The van der Waals surface area contributed by atoms with Gasteiger partial charge in [-0.15, -0.1) is 0 Å². The van der Waals surface area contributed by atoms with Gasteiger partial charge < -0.3 is 0 Å². The van der Waals surface area contributed by atoms with Crippen LogP contribution in [0.25, 0.3) is 0 Å². The van der Waals surface area contributed by atoms with Crippen molar-refractivity contribution in [1.82, 2.24) is 0 Å². The summed E-state index contributed by atoms with van der Waals surface area (Å²) in [6.45, 7) is 6.74. The summed E-state index contributed by atoms with van der Waals surface area (Å²) in [5, 5.41) is 10.4. The Morgan fingerprint density at radius 2 is 1.95 bits per heavy atom. The molecule has 0 saturated heterocycles. The van der Waals surface area contributed by atoms with E-state index in [2.05, 4.69) is 18.1 Å². The summed E-state index contributed by atoms with van der Waals surface area (Å²) in [5.74, 6) is 2.18.